The average molecular weight is 629 g/mol. The third-order valence-corrected chi connectivity index (χ3v) is 15.8. The largest absolute Gasteiger partial charge is 0.469 e. The Hall–Kier alpha value is -1.76. The van der Waals surface area contributed by atoms with Crippen LogP contribution in [0.15, 0.2) is 36.4 Å². The summed E-state index contributed by atoms with van der Waals surface area (Å²) in [6.07, 6.45) is 15.3. The number of ketones is 1. The molecule has 1 aromatic carbocycles. The molecule has 1 aliphatic carbocycles. The third kappa shape index (κ3) is 11.9. The average Bonchev–Trinajstić information content (AvgIpc) is 3.28. The molecule has 2 rings (SSSR count). The van der Waals surface area contributed by atoms with E-state index in [9.17, 15) is 14.7 Å². The van der Waals surface area contributed by atoms with Gasteiger partial charge < -0.3 is 14.3 Å². The Bertz CT molecular complexity index is 1000. The van der Waals surface area contributed by atoms with Crippen LogP contribution in [0.5, 0.6) is 0 Å². The number of Topliss-reactive ketones (excluding diaryl/α,β-unsaturated/α-hetero) is 1. The molecule has 6 heteroatoms. The van der Waals surface area contributed by atoms with Crippen LogP contribution >= 0.6 is 0 Å². The Kier molecular flexibility index (Phi) is 16.6. The minimum atomic E-state index is -2.26. The van der Waals surface area contributed by atoms with Crippen LogP contribution in [0.2, 0.25) is 17.1 Å². The zero-order chi connectivity index (χ0) is 32.8. The Balaban J connectivity index is 2.24. The second-order valence-electron chi connectivity index (χ2n) is 14.2. The molecular formula is C38H64O5Si. The first-order chi connectivity index (χ1) is 20.9. The van der Waals surface area contributed by atoms with Crippen molar-refractivity contribution in [2.45, 2.75) is 161 Å². The molecule has 4 atom stereocenters. The number of hydrogen-bond acceptors (Lipinski definition) is 5. The molecule has 0 amide bonds. The molecule has 44 heavy (non-hydrogen) atoms. The molecule has 1 saturated carbocycles. The van der Waals surface area contributed by atoms with Crippen molar-refractivity contribution in [3.8, 4) is 0 Å². The van der Waals surface area contributed by atoms with E-state index in [1.54, 1.807) is 0 Å². The van der Waals surface area contributed by atoms with Gasteiger partial charge in [-0.05, 0) is 73.7 Å². The molecular weight excluding hydrogens is 564 g/mol. The summed E-state index contributed by atoms with van der Waals surface area (Å²) in [5, 5.41) is 11.0. The quantitative estimate of drug-likeness (QED) is 0.0635. The first-order valence-corrected chi connectivity index (χ1v) is 19.9. The molecule has 1 aliphatic rings. The molecule has 5 nitrogen and oxygen atoms in total. The topological polar surface area (TPSA) is 72.8 Å². The minimum Gasteiger partial charge on any atom is -0.469 e. The lowest BCUT2D eigenvalue weighted by Crippen LogP contribution is -2.48. The summed E-state index contributed by atoms with van der Waals surface area (Å²) in [7, 11) is -0.823. The van der Waals surface area contributed by atoms with Gasteiger partial charge in [-0.25, -0.2) is 0 Å². The van der Waals surface area contributed by atoms with Crippen molar-refractivity contribution in [1.82, 2.24) is 0 Å². The predicted octanol–water partition coefficient (Wildman–Crippen LogP) is 9.55. The van der Waals surface area contributed by atoms with Crippen LogP contribution in [0, 0.1) is 11.8 Å². The second-order valence-corrected chi connectivity index (χ2v) is 19.2. The SMILES string of the molecule is CCCCC(C)(O)C/C=C/[C@H]1C(O[Si](CCc2ccc(CC)cc2)(C(C)C)C(C)C)CC(=O)[C@@H]1CCCCCCC(=O)OC. The van der Waals surface area contributed by atoms with Gasteiger partial charge in [0.15, 0.2) is 8.32 Å². The van der Waals surface area contributed by atoms with Crippen molar-refractivity contribution in [2.24, 2.45) is 11.8 Å². The van der Waals surface area contributed by atoms with Crippen molar-refractivity contribution in [3.63, 3.8) is 0 Å². The van der Waals surface area contributed by atoms with Crippen molar-refractivity contribution < 1.29 is 23.9 Å². The summed E-state index contributed by atoms with van der Waals surface area (Å²) in [4.78, 5) is 25.1. The Morgan fingerprint density at radius 3 is 2.25 bits per heavy atom. The molecule has 2 unspecified atom stereocenters. The van der Waals surface area contributed by atoms with E-state index in [2.05, 4.69) is 78.0 Å². The maximum atomic E-state index is 13.6. The highest BCUT2D eigenvalue weighted by molar-refractivity contribution is 6.76. The number of unbranched alkanes of at least 4 members (excludes halogenated alkanes) is 4. The van der Waals surface area contributed by atoms with E-state index in [0.717, 1.165) is 70.3 Å². The van der Waals surface area contributed by atoms with E-state index >= 15 is 0 Å². The maximum absolute atomic E-state index is 13.6. The molecule has 0 aliphatic heterocycles. The zero-order valence-corrected chi connectivity index (χ0v) is 30.3. The number of carbonyl (C=O) groups excluding carboxylic acids is 2. The number of benzene rings is 1. The molecule has 1 aromatic rings. The Morgan fingerprint density at radius 1 is 1.02 bits per heavy atom. The molecule has 1 fully saturated rings. The number of carbonyl (C=O) groups is 2. The zero-order valence-electron chi connectivity index (χ0n) is 29.3. The number of rotatable bonds is 21. The van der Waals surface area contributed by atoms with Gasteiger partial charge in [0.25, 0.3) is 0 Å². The first-order valence-electron chi connectivity index (χ1n) is 17.6. The lowest BCUT2D eigenvalue weighted by Gasteiger charge is -2.42. The Labute approximate surface area is 270 Å². The van der Waals surface area contributed by atoms with Gasteiger partial charge in [0.2, 0.25) is 0 Å². The van der Waals surface area contributed by atoms with Gasteiger partial charge in [-0.2, -0.15) is 0 Å². The Morgan fingerprint density at radius 2 is 1.66 bits per heavy atom. The number of aryl methyl sites for hydroxylation is 2. The van der Waals surface area contributed by atoms with Gasteiger partial charge in [0, 0.05) is 24.7 Å². The van der Waals surface area contributed by atoms with E-state index in [1.165, 1.54) is 18.2 Å². The van der Waals surface area contributed by atoms with Crippen LogP contribution in [0.4, 0.5) is 0 Å². The fourth-order valence-corrected chi connectivity index (χ4v) is 11.7. The fourth-order valence-electron chi connectivity index (χ4n) is 7.06. The monoisotopic (exact) mass is 628 g/mol. The summed E-state index contributed by atoms with van der Waals surface area (Å²) in [6.45, 7) is 15.6. The maximum Gasteiger partial charge on any atom is 0.305 e. The van der Waals surface area contributed by atoms with Crippen molar-refractivity contribution in [3.05, 3.63) is 47.5 Å². The molecule has 0 spiro atoms. The fraction of sp³-hybridized carbons (Fsp3) is 0.737. The van der Waals surface area contributed by atoms with Crippen LogP contribution in [0.3, 0.4) is 0 Å². The highest BCUT2D eigenvalue weighted by Gasteiger charge is 2.49. The van der Waals surface area contributed by atoms with Crippen molar-refractivity contribution in [1.29, 1.82) is 0 Å². The highest BCUT2D eigenvalue weighted by Crippen LogP contribution is 2.44. The van der Waals surface area contributed by atoms with E-state index in [0.29, 0.717) is 36.1 Å². The number of ether oxygens (including phenoxy) is 1. The minimum absolute atomic E-state index is 0.0350. The molecule has 0 heterocycles. The van der Waals surface area contributed by atoms with Crippen LogP contribution in [0.25, 0.3) is 0 Å². The van der Waals surface area contributed by atoms with Crippen molar-refractivity contribution >= 4 is 20.1 Å². The molecule has 0 bridgehead atoms. The lowest BCUT2D eigenvalue weighted by atomic mass is 9.87. The predicted molar refractivity (Wildman–Crippen MR) is 185 cm³/mol. The van der Waals surface area contributed by atoms with Gasteiger partial charge in [0.05, 0.1) is 18.8 Å². The second kappa shape index (κ2) is 19.0. The number of methoxy groups -OCH3 is 1. The number of esters is 1. The van der Waals surface area contributed by atoms with E-state index in [4.69, 9.17) is 9.16 Å². The smallest absolute Gasteiger partial charge is 0.305 e. The molecule has 0 aromatic heterocycles. The molecule has 0 saturated heterocycles. The van der Waals surface area contributed by atoms with Crippen LogP contribution in [-0.2, 0) is 31.6 Å². The summed E-state index contributed by atoms with van der Waals surface area (Å²) < 4.78 is 12.2. The van der Waals surface area contributed by atoms with Gasteiger partial charge in [-0.1, -0.05) is 110 Å². The molecule has 250 valence electrons. The first kappa shape index (κ1) is 38.4. The summed E-state index contributed by atoms with van der Waals surface area (Å²) in [5.41, 5.74) is 2.86. The van der Waals surface area contributed by atoms with Gasteiger partial charge in [-0.15, -0.1) is 0 Å². The van der Waals surface area contributed by atoms with Crippen molar-refractivity contribution in [2.75, 3.05) is 7.11 Å². The third-order valence-electron chi connectivity index (χ3n) is 10.1. The number of hydrogen-bond donors (Lipinski definition) is 1. The van der Waals surface area contributed by atoms with Crippen LogP contribution in [-0.4, -0.2) is 44.0 Å². The normalized spacial score (nSPS) is 20.6. The lowest BCUT2D eigenvalue weighted by molar-refractivity contribution is -0.140. The van der Waals surface area contributed by atoms with Gasteiger partial charge >= 0.3 is 5.97 Å². The van der Waals surface area contributed by atoms with E-state index < -0.39 is 13.9 Å². The number of aliphatic hydroxyl groups is 1. The van der Waals surface area contributed by atoms with Gasteiger partial charge in [-0.3, -0.25) is 9.59 Å². The highest BCUT2D eigenvalue weighted by atomic mass is 28.4. The van der Waals surface area contributed by atoms with Gasteiger partial charge in [0.1, 0.15) is 5.78 Å². The van der Waals surface area contributed by atoms with E-state index in [1.807, 2.05) is 6.92 Å². The molecule has 0 radical (unpaired) electrons. The van der Waals surface area contributed by atoms with Crippen LogP contribution < -0.4 is 0 Å². The standard InChI is InChI=1S/C38H64O5Si/c1-9-11-25-38(7,41)26-16-18-34-33(17-14-12-13-15-19-37(40)42-8)35(39)28-36(34)43-44(29(3)4,30(5)6)27-24-32-22-20-31(10-2)21-23-32/h16,18,20-23,29-30,33-34,36,41H,9-15,17,19,24-28H2,1-8H3/b18-16+/t33-,34-,36?,38?/m1/s1. The summed E-state index contributed by atoms with van der Waals surface area (Å²) in [6, 6.07) is 10.1. The summed E-state index contributed by atoms with van der Waals surface area (Å²) in [5.74, 6) is 0.150. The van der Waals surface area contributed by atoms with Crippen LogP contribution in [0.1, 0.15) is 130 Å². The van der Waals surface area contributed by atoms with E-state index in [-0.39, 0.29) is 23.9 Å². The summed E-state index contributed by atoms with van der Waals surface area (Å²) >= 11 is 0. The molecule has 1 N–H and O–H groups in total.